The molecule has 0 spiro atoms. The van der Waals surface area contributed by atoms with Crippen molar-refractivity contribution in [3.05, 3.63) is 12.2 Å². The molecule has 0 aliphatic carbocycles. The van der Waals surface area contributed by atoms with Crippen LogP contribution in [-0.4, -0.2) is 0 Å². The summed E-state index contributed by atoms with van der Waals surface area (Å²) in [6.07, 6.45) is 33.2. The predicted molar refractivity (Wildman–Crippen MR) is 124 cm³/mol. The quantitative estimate of drug-likeness (QED) is 0.157. The van der Waals surface area contributed by atoms with Crippen LogP contribution in [0.25, 0.3) is 0 Å². The number of hydrogen-bond donors (Lipinski definition) is 0. The first-order valence-electron chi connectivity index (χ1n) is 12.4. The van der Waals surface area contributed by atoms with Gasteiger partial charge in [0.25, 0.3) is 0 Å². The lowest BCUT2D eigenvalue weighted by Gasteiger charge is -2.03. The zero-order valence-corrected chi connectivity index (χ0v) is 19.3. The predicted octanol–water partition coefficient (Wildman–Crippen LogP) is 10.4. The van der Waals surface area contributed by atoms with Crippen LogP contribution in [0, 0.1) is 0 Å². The van der Waals surface area contributed by atoms with Crippen LogP contribution >= 0.6 is 0 Å². The van der Waals surface area contributed by atoms with E-state index >= 15 is 0 Å². The van der Waals surface area contributed by atoms with E-state index in [9.17, 15) is 0 Å². The lowest BCUT2D eigenvalue weighted by molar-refractivity contribution is 0.526. The highest BCUT2D eigenvalue weighted by Gasteiger charge is 1.94. The van der Waals surface area contributed by atoms with Crippen molar-refractivity contribution in [1.82, 2.24) is 0 Å². The van der Waals surface area contributed by atoms with Gasteiger partial charge in [-0.25, -0.2) is 0 Å². The number of hydrogen-bond acceptors (Lipinski definition) is 0. The molecule has 26 heavy (non-hydrogen) atoms. The molecule has 0 unspecified atom stereocenters. The normalized spacial score (nSPS) is 10.9. The fourth-order valence-electron chi connectivity index (χ4n) is 3.31. The number of rotatable bonds is 19. The highest BCUT2D eigenvalue weighted by Crippen LogP contribution is 2.14. The van der Waals surface area contributed by atoms with Crippen molar-refractivity contribution in [2.24, 2.45) is 0 Å². The smallest absolute Gasteiger partial charge is 0.0353 e. The van der Waals surface area contributed by atoms with E-state index < -0.39 is 0 Å². The van der Waals surface area contributed by atoms with Crippen LogP contribution < -0.4 is 0 Å². The second kappa shape index (κ2) is 29.5. The first-order chi connectivity index (χ1) is 12.8. The zero-order chi connectivity index (χ0) is 19.6. The average molecular weight is 367 g/mol. The third kappa shape index (κ3) is 31.5. The van der Waals surface area contributed by atoms with E-state index in [1.165, 1.54) is 128 Å². The van der Waals surface area contributed by atoms with E-state index in [-0.39, 0.29) is 0 Å². The minimum Gasteiger partial charge on any atom is -0.0917 e. The SMILES string of the molecule is CC=CCCC.CCCCCCCCCCCCCCCCCCCC. The Labute approximate surface area is 168 Å². The second-order valence-electron chi connectivity index (χ2n) is 8.01. The Balaban J connectivity index is 0. The first-order valence-corrected chi connectivity index (χ1v) is 12.4. The molecule has 0 heteroatoms. The molecule has 0 saturated carbocycles. The van der Waals surface area contributed by atoms with E-state index in [4.69, 9.17) is 0 Å². The summed E-state index contributed by atoms with van der Waals surface area (Å²) < 4.78 is 0. The van der Waals surface area contributed by atoms with Crippen LogP contribution in [0.1, 0.15) is 156 Å². The lowest BCUT2D eigenvalue weighted by atomic mass is 10.0. The maximum Gasteiger partial charge on any atom is -0.0353 e. The van der Waals surface area contributed by atoms with Gasteiger partial charge in [0.05, 0.1) is 0 Å². The van der Waals surface area contributed by atoms with Crippen LogP contribution in [0.3, 0.4) is 0 Å². The van der Waals surface area contributed by atoms with Gasteiger partial charge in [0.2, 0.25) is 0 Å². The minimum atomic E-state index is 1.23. The van der Waals surface area contributed by atoms with Gasteiger partial charge in [-0.05, 0) is 13.3 Å². The van der Waals surface area contributed by atoms with Gasteiger partial charge >= 0.3 is 0 Å². The summed E-state index contributed by atoms with van der Waals surface area (Å²) in [5.41, 5.74) is 0. The third-order valence-corrected chi connectivity index (χ3v) is 5.15. The molecule has 0 aromatic heterocycles. The Bertz CT molecular complexity index is 210. The maximum atomic E-state index is 2.30. The summed E-state index contributed by atoms with van der Waals surface area (Å²) in [6.45, 7) is 8.83. The molecular formula is C26H54. The largest absolute Gasteiger partial charge is 0.0917 e. The third-order valence-electron chi connectivity index (χ3n) is 5.15. The maximum absolute atomic E-state index is 2.30. The van der Waals surface area contributed by atoms with Crippen molar-refractivity contribution in [3.8, 4) is 0 Å². The summed E-state index contributed by atoms with van der Waals surface area (Å²) in [6, 6.07) is 0. The molecule has 0 heterocycles. The molecule has 0 nitrogen and oxygen atoms in total. The molecule has 0 atom stereocenters. The van der Waals surface area contributed by atoms with E-state index in [1.54, 1.807) is 0 Å². The molecule has 0 saturated heterocycles. The van der Waals surface area contributed by atoms with Crippen LogP contribution in [0.5, 0.6) is 0 Å². The van der Waals surface area contributed by atoms with Crippen molar-refractivity contribution in [2.75, 3.05) is 0 Å². The Kier molecular flexibility index (Phi) is 31.7. The van der Waals surface area contributed by atoms with Gasteiger partial charge in [0, 0.05) is 0 Å². The van der Waals surface area contributed by atoms with E-state index in [2.05, 4.69) is 39.8 Å². The Hall–Kier alpha value is -0.260. The Morgan fingerprint density at radius 2 is 0.654 bits per heavy atom. The first kappa shape index (κ1) is 28.0. The topological polar surface area (TPSA) is 0 Å². The number of unbranched alkanes of at least 4 members (excludes halogenated alkanes) is 18. The fraction of sp³-hybridized carbons (Fsp3) is 0.923. The molecule has 0 bridgehead atoms. The summed E-state index contributed by atoms with van der Waals surface area (Å²) in [4.78, 5) is 0. The van der Waals surface area contributed by atoms with Crippen LogP contribution in [0.4, 0.5) is 0 Å². The summed E-state index contributed by atoms with van der Waals surface area (Å²) >= 11 is 0. The van der Waals surface area contributed by atoms with Gasteiger partial charge in [-0.15, -0.1) is 0 Å². The highest BCUT2D eigenvalue weighted by molar-refractivity contribution is 4.75. The van der Waals surface area contributed by atoms with Crippen molar-refractivity contribution in [2.45, 2.75) is 156 Å². The second-order valence-corrected chi connectivity index (χ2v) is 8.01. The zero-order valence-electron chi connectivity index (χ0n) is 19.3. The standard InChI is InChI=1S/C20H42.C6H12/c1-3-5-7-9-11-13-15-17-19-20-18-16-14-12-10-8-6-4-2;1-3-5-6-4-2/h3-20H2,1-2H3;3,5H,4,6H2,1-2H3. The molecule has 0 aromatic rings. The highest BCUT2D eigenvalue weighted by atomic mass is 14.0. The molecular weight excluding hydrogens is 312 g/mol. The summed E-state index contributed by atoms with van der Waals surface area (Å²) in [5, 5.41) is 0. The van der Waals surface area contributed by atoms with E-state index in [0.717, 1.165) is 0 Å². The minimum absolute atomic E-state index is 1.23. The van der Waals surface area contributed by atoms with Gasteiger partial charge in [-0.1, -0.05) is 155 Å². The number of allylic oxidation sites excluding steroid dienone is 2. The summed E-state index contributed by atoms with van der Waals surface area (Å²) in [7, 11) is 0. The van der Waals surface area contributed by atoms with Crippen molar-refractivity contribution in [3.63, 3.8) is 0 Å². The molecule has 0 rings (SSSR count). The molecule has 0 aliphatic heterocycles. The molecule has 0 aromatic carbocycles. The van der Waals surface area contributed by atoms with Crippen molar-refractivity contribution >= 4 is 0 Å². The van der Waals surface area contributed by atoms with Crippen LogP contribution in [-0.2, 0) is 0 Å². The van der Waals surface area contributed by atoms with Gasteiger partial charge in [0.15, 0.2) is 0 Å². The molecule has 0 N–H and O–H groups in total. The van der Waals surface area contributed by atoms with Gasteiger partial charge in [0.1, 0.15) is 0 Å². The molecule has 158 valence electrons. The van der Waals surface area contributed by atoms with Gasteiger partial charge in [-0.3, -0.25) is 0 Å². The average Bonchev–Trinajstić information content (AvgIpc) is 2.66. The van der Waals surface area contributed by atoms with Gasteiger partial charge < -0.3 is 0 Å². The van der Waals surface area contributed by atoms with Crippen LogP contribution in [0.15, 0.2) is 12.2 Å². The molecule has 0 amide bonds. The lowest BCUT2D eigenvalue weighted by Crippen LogP contribution is -1.83. The van der Waals surface area contributed by atoms with Gasteiger partial charge in [-0.2, -0.15) is 0 Å². The monoisotopic (exact) mass is 366 g/mol. The molecule has 0 radical (unpaired) electrons. The molecule has 0 fully saturated rings. The van der Waals surface area contributed by atoms with E-state index in [0.29, 0.717) is 0 Å². The summed E-state index contributed by atoms with van der Waals surface area (Å²) in [5.74, 6) is 0. The Morgan fingerprint density at radius 1 is 0.385 bits per heavy atom. The fourth-order valence-corrected chi connectivity index (χ4v) is 3.31. The van der Waals surface area contributed by atoms with E-state index in [1.807, 2.05) is 0 Å². The molecule has 0 aliphatic rings. The van der Waals surface area contributed by atoms with Crippen LogP contribution in [0.2, 0.25) is 0 Å². The van der Waals surface area contributed by atoms with Crippen molar-refractivity contribution < 1.29 is 0 Å². The Morgan fingerprint density at radius 3 is 0.808 bits per heavy atom. The van der Waals surface area contributed by atoms with Crippen molar-refractivity contribution in [1.29, 1.82) is 0 Å².